The van der Waals surface area contributed by atoms with Crippen LogP contribution in [0.4, 0.5) is 5.69 Å². The molecule has 2 aliphatic rings. The van der Waals surface area contributed by atoms with Gasteiger partial charge in [0, 0.05) is 24.3 Å². The Morgan fingerprint density at radius 2 is 1.94 bits per heavy atom. The topological polar surface area (TPSA) is 46.3 Å². The first-order valence-electron chi connectivity index (χ1n) is 6.78. The third kappa shape index (κ3) is 1.88. The number of carbonyl (C=O) groups excluding carboxylic acids is 1. The van der Waals surface area contributed by atoms with E-state index in [0.717, 1.165) is 17.4 Å². The SMILES string of the molecule is CN(C(=O)c1ccc(N)cc1)[C@H]1C[C@H]2CC[C@H]1C2. The Morgan fingerprint density at radius 3 is 2.50 bits per heavy atom. The van der Waals surface area contributed by atoms with Crippen LogP contribution in [0.5, 0.6) is 0 Å². The maximum Gasteiger partial charge on any atom is 0.253 e. The van der Waals surface area contributed by atoms with E-state index in [1.54, 1.807) is 12.1 Å². The van der Waals surface area contributed by atoms with Gasteiger partial charge in [0.05, 0.1) is 0 Å². The largest absolute Gasteiger partial charge is 0.399 e. The van der Waals surface area contributed by atoms with E-state index in [9.17, 15) is 4.79 Å². The number of hydrogen-bond acceptors (Lipinski definition) is 2. The monoisotopic (exact) mass is 244 g/mol. The molecule has 1 aromatic carbocycles. The molecule has 0 unspecified atom stereocenters. The second kappa shape index (κ2) is 4.30. The van der Waals surface area contributed by atoms with Gasteiger partial charge in [0.1, 0.15) is 0 Å². The van der Waals surface area contributed by atoms with Crippen molar-refractivity contribution in [1.82, 2.24) is 4.90 Å². The van der Waals surface area contributed by atoms with Crippen LogP contribution in [0.3, 0.4) is 0 Å². The zero-order valence-electron chi connectivity index (χ0n) is 10.8. The maximum atomic E-state index is 12.4. The summed E-state index contributed by atoms with van der Waals surface area (Å²) in [5.41, 5.74) is 7.10. The Bertz CT molecular complexity index is 454. The van der Waals surface area contributed by atoms with E-state index in [1.165, 1.54) is 25.7 Å². The second-order valence-electron chi connectivity index (χ2n) is 5.78. The summed E-state index contributed by atoms with van der Waals surface area (Å²) in [7, 11) is 1.95. The summed E-state index contributed by atoms with van der Waals surface area (Å²) in [4.78, 5) is 14.4. The molecule has 2 aliphatic carbocycles. The highest BCUT2D eigenvalue weighted by Gasteiger charge is 2.42. The Morgan fingerprint density at radius 1 is 1.22 bits per heavy atom. The highest BCUT2D eigenvalue weighted by atomic mass is 16.2. The van der Waals surface area contributed by atoms with Gasteiger partial charge in [-0.2, -0.15) is 0 Å². The molecule has 0 saturated heterocycles. The summed E-state index contributed by atoms with van der Waals surface area (Å²) in [6.07, 6.45) is 5.19. The number of nitrogens with zero attached hydrogens (tertiary/aromatic N) is 1. The van der Waals surface area contributed by atoms with Crippen molar-refractivity contribution in [3.8, 4) is 0 Å². The normalized spacial score (nSPS) is 29.5. The Labute approximate surface area is 108 Å². The Balaban J connectivity index is 1.74. The maximum absolute atomic E-state index is 12.4. The lowest BCUT2D eigenvalue weighted by Crippen LogP contribution is -2.40. The number of fused-ring (bicyclic) bond motifs is 2. The third-order valence-corrected chi connectivity index (χ3v) is 4.68. The standard InChI is InChI=1S/C15H20N2O/c1-17(14-9-10-2-3-12(14)8-10)15(18)11-4-6-13(16)7-5-11/h4-7,10,12,14H,2-3,8-9,16H2,1H3/t10-,12-,14-/m0/s1. The Hall–Kier alpha value is -1.51. The molecule has 1 amide bonds. The van der Waals surface area contributed by atoms with E-state index in [-0.39, 0.29) is 5.91 Å². The molecule has 2 bridgehead atoms. The third-order valence-electron chi connectivity index (χ3n) is 4.68. The van der Waals surface area contributed by atoms with Gasteiger partial charge in [-0.15, -0.1) is 0 Å². The minimum absolute atomic E-state index is 0.132. The molecule has 0 radical (unpaired) electrons. The zero-order chi connectivity index (χ0) is 12.7. The molecule has 3 rings (SSSR count). The Kier molecular flexibility index (Phi) is 2.77. The molecule has 96 valence electrons. The van der Waals surface area contributed by atoms with Gasteiger partial charge in [0.25, 0.3) is 5.91 Å². The molecule has 2 saturated carbocycles. The summed E-state index contributed by atoms with van der Waals surface area (Å²) in [5.74, 6) is 1.73. The first-order chi connectivity index (χ1) is 8.65. The van der Waals surface area contributed by atoms with Crippen LogP contribution in [0.2, 0.25) is 0 Å². The van der Waals surface area contributed by atoms with E-state index in [0.29, 0.717) is 11.7 Å². The number of nitrogen functional groups attached to an aromatic ring is 1. The number of benzene rings is 1. The first kappa shape index (κ1) is 11.6. The quantitative estimate of drug-likeness (QED) is 0.813. The number of carbonyl (C=O) groups is 1. The first-order valence-corrected chi connectivity index (χ1v) is 6.78. The lowest BCUT2D eigenvalue weighted by atomic mass is 9.94. The molecular weight excluding hydrogens is 224 g/mol. The van der Waals surface area contributed by atoms with Crippen LogP contribution in [0.15, 0.2) is 24.3 Å². The molecule has 2 N–H and O–H groups in total. The van der Waals surface area contributed by atoms with Crippen molar-refractivity contribution in [2.45, 2.75) is 31.7 Å². The molecule has 3 atom stereocenters. The van der Waals surface area contributed by atoms with Crippen molar-refractivity contribution < 1.29 is 4.79 Å². The highest BCUT2D eigenvalue weighted by molar-refractivity contribution is 5.94. The second-order valence-corrected chi connectivity index (χ2v) is 5.78. The minimum atomic E-state index is 0.132. The lowest BCUT2D eigenvalue weighted by molar-refractivity contribution is 0.0677. The molecule has 0 heterocycles. The smallest absolute Gasteiger partial charge is 0.253 e. The van der Waals surface area contributed by atoms with Crippen molar-refractivity contribution in [2.24, 2.45) is 11.8 Å². The van der Waals surface area contributed by atoms with Gasteiger partial charge >= 0.3 is 0 Å². The van der Waals surface area contributed by atoms with Gasteiger partial charge in [-0.25, -0.2) is 0 Å². The fourth-order valence-corrected chi connectivity index (χ4v) is 3.67. The number of nitrogens with two attached hydrogens (primary N) is 1. The molecule has 3 heteroatoms. The molecule has 3 nitrogen and oxygen atoms in total. The average molecular weight is 244 g/mol. The van der Waals surface area contributed by atoms with Gasteiger partial charge in [-0.05, 0) is 55.4 Å². The van der Waals surface area contributed by atoms with Gasteiger partial charge in [0.2, 0.25) is 0 Å². The molecule has 0 aromatic heterocycles. The van der Waals surface area contributed by atoms with Crippen LogP contribution in [-0.2, 0) is 0 Å². The number of amides is 1. The summed E-state index contributed by atoms with van der Waals surface area (Å²) < 4.78 is 0. The number of rotatable bonds is 2. The van der Waals surface area contributed by atoms with Gasteiger partial charge < -0.3 is 10.6 Å². The molecule has 2 fully saturated rings. The van der Waals surface area contributed by atoms with Crippen LogP contribution in [0.25, 0.3) is 0 Å². The van der Waals surface area contributed by atoms with Crippen LogP contribution in [0.1, 0.15) is 36.0 Å². The van der Waals surface area contributed by atoms with Gasteiger partial charge in [-0.1, -0.05) is 6.42 Å². The van der Waals surface area contributed by atoms with Crippen molar-refractivity contribution in [3.63, 3.8) is 0 Å². The summed E-state index contributed by atoms with van der Waals surface area (Å²) in [5, 5.41) is 0. The lowest BCUT2D eigenvalue weighted by Gasteiger charge is -2.31. The highest BCUT2D eigenvalue weighted by Crippen LogP contribution is 2.46. The number of hydrogen-bond donors (Lipinski definition) is 1. The van der Waals surface area contributed by atoms with Gasteiger partial charge in [-0.3, -0.25) is 4.79 Å². The van der Waals surface area contributed by atoms with E-state index in [4.69, 9.17) is 5.73 Å². The van der Waals surface area contributed by atoms with Crippen LogP contribution >= 0.6 is 0 Å². The summed E-state index contributed by atoms with van der Waals surface area (Å²) in [6, 6.07) is 7.68. The van der Waals surface area contributed by atoms with Crippen LogP contribution in [-0.4, -0.2) is 23.9 Å². The molecular formula is C15H20N2O. The molecule has 18 heavy (non-hydrogen) atoms. The van der Waals surface area contributed by atoms with Crippen molar-refractivity contribution in [1.29, 1.82) is 0 Å². The van der Waals surface area contributed by atoms with Crippen LogP contribution in [0, 0.1) is 11.8 Å². The van der Waals surface area contributed by atoms with Gasteiger partial charge in [0.15, 0.2) is 0 Å². The zero-order valence-corrected chi connectivity index (χ0v) is 10.8. The van der Waals surface area contributed by atoms with Crippen molar-refractivity contribution in [3.05, 3.63) is 29.8 Å². The predicted octanol–water partition coefficient (Wildman–Crippen LogP) is 2.53. The van der Waals surface area contributed by atoms with E-state index >= 15 is 0 Å². The average Bonchev–Trinajstić information content (AvgIpc) is 3.00. The van der Waals surface area contributed by atoms with E-state index in [2.05, 4.69) is 0 Å². The molecule has 0 spiro atoms. The summed E-state index contributed by atoms with van der Waals surface area (Å²) in [6.45, 7) is 0. The fourth-order valence-electron chi connectivity index (χ4n) is 3.67. The fraction of sp³-hybridized carbons (Fsp3) is 0.533. The number of anilines is 1. The van der Waals surface area contributed by atoms with Crippen molar-refractivity contribution in [2.75, 3.05) is 12.8 Å². The van der Waals surface area contributed by atoms with E-state index < -0.39 is 0 Å². The predicted molar refractivity (Wildman–Crippen MR) is 72.2 cm³/mol. The van der Waals surface area contributed by atoms with Crippen LogP contribution < -0.4 is 5.73 Å². The van der Waals surface area contributed by atoms with Crippen molar-refractivity contribution >= 4 is 11.6 Å². The summed E-state index contributed by atoms with van der Waals surface area (Å²) >= 11 is 0. The molecule has 0 aliphatic heterocycles. The minimum Gasteiger partial charge on any atom is -0.399 e. The molecule has 1 aromatic rings. The van der Waals surface area contributed by atoms with E-state index in [1.807, 2.05) is 24.1 Å².